The Morgan fingerprint density at radius 3 is 2.64 bits per heavy atom. The Balaban J connectivity index is 1.53. The first-order valence-corrected chi connectivity index (χ1v) is 12.7. The van der Waals surface area contributed by atoms with Gasteiger partial charge in [0.05, 0.1) is 27.9 Å². The van der Waals surface area contributed by atoms with E-state index >= 15 is 0 Å². The largest absolute Gasteiger partial charge is 0.494 e. The van der Waals surface area contributed by atoms with Crippen molar-refractivity contribution in [3.63, 3.8) is 0 Å². The van der Waals surface area contributed by atoms with Gasteiger partial charge in [0.1, 0.15) is 11.4 Å². The average Bonchev–Trinajstić information content (AvgIpc) is 3.56. The van der Waals surface area contributed by atoms with Crippen LogP contribution in [0.15, 0.2) is 83.8 Å². The third-order valence-electron chi connectivity index (χ3n) is 6.12. The smallest absolute Gasteiger partial charge is 0.274 e. The molecule has 0 N–H and O–H groups in total. The second-order valence-corrected chi connectivity index (χ2v) is 9.68. The summed E-state index contributed by atoms with van der Waals surface area (Å²) < 4.78 is 10.00. The Labute approximate surface area is 211 Å². The summed E-state index contributed by atoms with van der Waals surface area (Å²) in [4.78, 5) is 18.7. The summed E-state index contributed by atoms with van der Waals surface area (Å²) in [5.41, 5.74) is 6.28. The van der Waals surface area contributed by atoms with Crippen molar-refractivity contribution in [2.75, 3.05) is 6.61 Å². The number of nitrogens with zero attached hydrogens (tertiary/aromatic N) is 4. The van der Waals surface area contributed by atoms with Gasteiger partial charge in [-0.3, -0.25) is 4.79 Å². The lowest BCUT2D eigenvalue weighted by atomic mass is 10.0. The Morgan fingerprint density at radius 1 is 1.03 bits per heavy atom. The molecule has 6 rings (SSSR count). The van der Waals surface area contributed by atoms with Crippen LogP contribution in [0, 0.1) is 6.92 Å². The first-order valence-electron chi connectivity index (χ1n) is 11.9. The fourth-order valence-electron chi connectivity index (χ4n) is 4.38. The van der Waals surface area contributed by atoms with Gasteiger partial charge in [0.2, 0.25) is 0 Å². The molecule has 0 aliphatic carbocycles. The third kappa shape index (κ3) is 3.87. The molecule has 3 heterocycles. The van der Waals surface area contributed by atoms with E-state index < -0.39 is 0 Å². The number of para-hydroxylation sites is 3. The summed E-state index contributed by atoms with van der Waals surface area (Å²) in [6.45, 7) is 4.83. The number of rotatable bonds is 6. The molecule has 0 radical (unpaired) electrons. The first-order chi connectivity index (χ1) is 17.6. The van der Waals surface area contributed by atoms with Crippen molar-refractivity contribution in [3.05, 3.63) is 105 Å². The summed E-state index contributed by atoms with van der Waals surface area (Å²) in [7, 11) is 0. The molecule has 0 aliphatic heterocycles. The van der Waals surface area contributed by atoms with Gasteiger partial charge in [-0.05, 0) is 67.4 Å². The molecule has 0 bridgehead atoms. The maximum atomic E-state index is 13.4. The molecule has 0 fully saturated rings. The molecular formula is C29H24N4O2S. The maximum Gasteiger partial charge on any atom is 0.274 e. The van der Waals surface area contributed by atoms with E-state index in [9.17, 15) is 4.79 Å². The van der Waals surface area contributed by atoms with Crippen molar-refractivity contribution < 1.29 is 4.74 Å². The van der Waals surface area contributed by atoms with E-state index in [2.05, 4.69) is 18.8 Å². The van der Waals surface area contributed by atoms with Crippen LogP contribution < -0.4 is 14.8 Å². The molecule has 6 aromatic rings. The summed E-state index contributed by atoms with van der Waals surface area (Å²) in [5.74, 6) is 0.847. The van der Waals surface area contributed by atoms with Crippen LogP contribution in [0.4, 0.5) is 0 Å². The van der Waals surface area contributed by atoms with Crippen LogP contribution >= 0.6 is 11.3 Å². The van der Waals surface area contributed by atoms with Crippen LogP contribution in [0.2, 0.25) is 0 Å². The van der Waals surface area contributed by atoms with E-state index in [4.69, 9.17) is 9.84 Å². The molecule has 3 aromatic carbocycles. The summed E-state index contributed by atoms with van der Waals surface area (Å²) in [5, 5.41) is 4.95. The molecule has 6 nitrogen and oxygen atoms in total. The number of hydrogen-bond donors (Lipinski definition) is 0. The number of aromatic nitrogens is 4. The molecule has 0 aliphatic rings. The maximum absolute atomic E-state index is 13.4. The molecule has 0 unspecified atom stereocenters. The zero-order valence-corrected chi connectivity index (χ0v) is 20.8. The van der Waals surface area contributed by atoms with Crippen molar-refractivity contribution >= 4 is 33.4 Å². The van der Waals surface area contributed by atoms with Crippen LogP contribution in [0.1, 0.15) is 24.5 Å². The number of thiazole rings is 1. The highest BCUT2D eigenvalue weighted by Gasteiger charge is 2.16. The van der Waals surface area contributed by atoms with Gasteiger partial charge in [0, 0.05) is 17.3 Å². The second-order valence-electron chi connectivity index (χ2n) is 8.67. The minimum atomic E-state index is -0.0675. The summed E-state index contributed by atoms with van der Waals surface area (Å²) >= 11 is 1.40. The van der Waals surface area contributed by atoms with Crippen LogP contribution in [0.5, 0.6) is 5.75 Å². The quantitative estimate of drug-likeness (QED) is 0.312. The van der Waals surface area contributed by atoms with Gasteiger partial charge in [-0.15, -0.1) is 0 Å². The van der Waals surface area contributed by atoms with Crippen LogP contribution in [-0.4, -0.2) is 25.8 Å². The molecule has 178 valence electrons. The number of aryl methyl sites for hydroxylation is 1. The summed E-state index contributed by atoms with van der Waals surface area (Å²) in [6, 6.07) is 23.8. The lowest BCUT2D eigenvalue weighted by Crippen LogP contribution is -2.22. The number of ether oxygens (including phenoxy) is 1. The molecule has 0 spiro atoms. The minimum Gasteiger partial charge on any atom is -0.494 e. The van der Waals surface area contributed by atoms with E-state index in [1.54, 1.807) is 4.40 Å². The number of benzene rings is 3. The minimum absolute atomic E-state index is 0.0675. The Kier molecular flexibility index (Phi) is 5.62. The van der Waals surface area contributed by atoms with E-state index in [0.29, 0.717) is 16.1 Å². The van der Waals surface area contributed by atoms with Gasteiger partial charge >= 0.3 is 0 Å². The monoisotopic (exact) mass is 492 g/mol. The second kappa shape index (κ2) is 9.09. The highest BCUT2D eigenvalue weighted by molar-refractivity contribution is 7.15. The number of hydrogen-bond acceptors (Lipinski definition) is 5. The van der Waals surface area contributed by atoms with Gasteiger partial charge in [-0.25, -0.2) is 14.1 Å². The molecule has 0 saturated carbocycles. The Bertz CT molecular complexity index is 1820. The normalized spacial score (nSPS) is 12.1. The molecule has 3 aromatic heterocycles. The molecule has 36 heavy (non-hydrogen) atoms. The highest BCUT2D eigenvalue weighted by Crippen LogP contribution is 2.30. The lowest BCUT2D eigenvalue weighted by molar-refractivity contribution is 0.317. The topological polar surface area (TPSA) is 61.4 Å². The van der Waals surface area contributed by atoms with E-state index in [1.807, 2.05) is 89.8 Å². The van der Waals surface area contributed by atoms with E-state index in [-0.39, 0.29) is 5.56 Å². The Morgan fingerprint density at radius 2 is 1.83 bits per heavy atom. The van der Waals surface area contributed by atoms with Crippen LogP contribution in [0.3, 0.4) is 0 Å². The molecule has 7 heteroatoms. The molecule has 0 atom stereocenters. The van der Waals surface area contributed by atoms with Crippen molar-refractivity contribution in [2.24, 2.45) is 0 Å². The van der Waals surface area contributed by atoms with Gasteiger partial charge in [0.25, 0.3) is 5.56 Å². The highest BCUT2D eigenvalue weighted by atomic mass is 32.1. The predicted molar refractivity (Wildman–Crippen MR) is 145 cm³/mol. The van der Waals surface area contributed by atoms with Crippen LogP contribution in [0.25, 0.3) is 39.0 Å². The van der Waals surface area contributed by atoms with Crippen LogP contribution in [-0.2, 0) is 0 Å². The third-order valence-corrected chi connectivity index (χ3v) is 7.09. The van der Waals surface area contributed by atoms with Gasteiger partial charge in [0.15, 0.2) is 4.96 Å². The standard InChI is InChI=1S/C29H24N4O2S/c1-3-15-35-22-13-14-23(19(2)16-22)27-20(18-32(31-27)21-9-5-4-6-10-21)17-26-28(34)33-25-12-8-7-11-24(25)30-29(33)36-26/h4-14,16-18H,3,15H2,1-2H3/b26-17-. The van der Waals surface area contributed by atoms with E-state index in [0.717, 1.165) is 51.3 Å². The zero-order valence-electron chi connectivity index (χ0n) is 20.0. The van der Waals surface area contributed by atoms with E-state index in [1.165, 1.54) is 11.3 Å². The van der Waals surface area contributed by atoms with Crippen molar-refractivity contribution in [2.45, 2.75) is 20.3 Å². The first kappa shape index (κ1) is 22.2. The van der Waals surface area contributed by atoms with Gasteiger partial charge in [-0.1, -0.05) is 48.6 Å². The summed E-state index contributed by atoms with van der Waals surface area (Å²) in [6.07, 6.45) is 4.86. The molecule has 0 amide bonds. The van der Waals surface area contributed by atoms with Crippen molar-refractivity contribution in [3.8, 4) is 22.7 Å². The lowest BCUT2D eigenvalue weighted by Gasteiger charge is -2.09. The van der Waals surface area contributed by atoms with Crippen molar-refractivity contribution in [1.29, 1.82) is 0 Å². The van der Waals surface area contributed by atoms with Gasteiger partial charge < -0.3 is 4.74 Å². The average molecular weight is 493 g/mol. The number of fused-ring (bicyclic) bond motifs is 3. The fourth-order valence-corrected chi connectivity index (χ4v) is 5.36. The zero-order chi connectivity index (χ0) is 24.6. The van der Waals surface area contributed by atoms with Crippen molar-refractivity contribution in [1.82, 2.24) is 19.2 Å². The SMILES string of the molecule is CCCOc1ccc(-c2nn(-c3ccccc3)cc2/C=c2\sc3nc4ccccc4n3c2=O)c(C)c1. The predicted octanol–water partition coefficient (Wildman–Crippen LogP) is 5.41. The van der Waals surface area contributed by atoms with Gasteiger partial charge in [-0.2, -0.15) is 5.10 Å². The molecular weight excluding hydrogens is 468 g/mol. The Hall–Kier alpha value is -4.23. The fraction of sp³-hybridized carbons (Fsp3) is 0.138. The number of imidazole rings is 1. The molecule has 0 saturated heterocycles.